The molecule has 1 aliphatic rings. The molecule has 1 aromatic carbocycles. The highest BCUT2D eigenvalue weighted by atomic mass is 16.2. The fraction of sp³-hybridized carbons (Fsp3) is 0.500. The highest BCUT2D eigenvalue weighted by Gasteiger charge is 2.32. The summed E-state index contributed by atoms with van der Waals surface area (Å²) in [5.74, 6) is 0. The number of rotatable bonds is 2. The maximum Gasteiger partial charge on any atom is 0.318 e. The third-order valence-corrected chi connectivity index (χ3v) is 3.33. The number of hydrogen-bond donors (Lipinski definition) is 2. The summed E-state index contributed by atoms with van der Waals surface area (Å²) in [5, 5.41) is 6.30. The summed E-state index contributed by atoms with van der Waals surface area (Å²) in [6, 6.07) is 9.99. The fourth-order valence-electron chi connectivity index (χ4n) is 2.23. The Bertz CT molecular complexity index is 403. The van der Waals surface area contributed by atoms with Gasteiger partial charge in [-0.15, -0.1) is 0 Å². The predicted octanol–water partition coefficient (Wildman–Crippen LogP) is 1.58. The molecule has 0 spiro atoms. The Balaban J connectivity index is 1.91. The van der Waals surface area contributed by atoms with Crippen LogP contribution in [0.4, 0.5) is 4.79 Å². The van der Waals surface area contributed by atoms with E-state index in [4.69, 9.17) is 0 Å². The smallest absolute Gasteiger partial charge is 0.318 e. The van der Waals surface area contributed by atoms with Gasteiger partial charge in [-0.1, -0.05) is 30.3 Å². The lowest BCUT2D eigenvalue weighted by atomic mass is 10.0. The van der Waals surface area contributed by atoms with Crippen LogP contribution in [0.2, 0.25) is 0 Å². The number of carbonyl (C=O) groups is 1. The van der Waals surface area contributed by atoms with Gasteiger partial charge in [0.1, 0.15) is 0 Å². The van der Waals surface area contributed by atoms with Crippen LogP contribution < -0.4 is 10.6 Å². The SMILES string of the molecule is CC1(C)CNCCN1C(=O)NCc1ccccc1. The third kappa shape index (κ3) is 3.01. The van der Waals surface area contributed by atoms with Crippen LogP contribution in [-0.4, -0.2) is 36.1 Å². The lowest BCUT2D eigenvalue weighted by molar-refractivity contribution is 0.113. The minimum atomic E-state index is -0.126. The maximum absolute atomic E-state index is 12.2. The van der Waals surface area contributed by atoms with Crippen molar-refractivity contribution in [3.8, 4) is 0 Å². The number of nitrogens with zero attached hydrogens (tertiary/aromatic N) is 1. The van der Waals surface area contributed by atoms with Gasteiger partial charge < -0.3 is 15.5 Å². The van der Waals surface area contributed by atoms with Crippen LogP contribution in [0.3, 0.4) is 0 Å². The first kappa shape index (κ1) is 12.9. The topological polar surface area (TPSA) is 44.4 Å². The number of carbonyl (C=O) groups excluding carboxylic acids is 1. The second-order valence-corrected chi connectivity index (χ2v) is 5.29. The lowest BCUT2D eigenvalue weighted by Gasteiger charge is -2.42. The van der Waals surface area contributed by atoms with Crippen molar-refractivity contribution in [1.82, 2.24) is 15.5 Å². The second-order valence-electron chi connectivity index (χ2n) is 5.29. The van der Waals surface area contributed by atoms with Gasteiger partial charge in [0.25, 0.3) is 0 Å². The summed E-state index contributed by atoms with van der Waals surface area (Å²) in [4.78, 5) is 14.1. The van der Waals surface area contributed by atoms with E-state index in [-0.39, 0.29) is 11.6 Å². The Morgan fingerprint density at radius 2 is 2.11 bits per heavy atom. The Labute approximate surface area is 108 Å². The Kier molecular flexibility index (Phi) is 3.87. The molecule has 0 aliphatic carbocycles. The first-order chi connectivity index (χ1) is 8.59. The van der Waals surface area contributed by atoms with E-state index in [2.05, 4.69) is 24.5 Å². The molecule has 2 amide bonds. The number of piperazine rings is 1. The van der Waals surface area contributed by atoms with Crippen LogP contribution in [0.15, 0.2) is 30.3 Å². The van der Waals surface area contributed by atoms with E-state index < -0.39 is 0 Å². The molecule has 2 N–H and O–H groups in total. The molecule has 0 radical (unpaired) electrons. The van der Waals surface area contributed by atoms with E-state index in [1.807, 2.05) is 35.2 Å². The van der Waals surface area contributed by atoms with Gasteiger partial charge in [0.05, 0.1) is 5.54 Å². The van der Waals surface area contributed by atoms with Crippen molar-refractivity contribution >= 4 is 6.03 Å². The van der Waals surface area contributed by atoms with E-state index in [1.165, 1.54) is 0 Å². The maximum atomic E-state index is 12.2. The van der Waals surface area contributed by atoms with E-state index in [1.54, 1.807) is 0 Å². The first-order valence-corrected chi connectivity index (χ1v) is 6.40. The molecule has 1 aromatic rings. The number of benzene rings is 1. The van der Waals surface area contributed by atoms with Crippen LogP contribution in [0.25, 0.3) is 0 Å². The fourth-order valence-corrected chi connectivity index (χ4v) is 2.23. The van der Waals surface area contributed by atoms with E-state index >= 15 is 0 Å². The molecule has 2 rings (SSSR count). The summed E-state index contributed by atoms with van der Waals surface area (Å²) in [6.45, 7) is 7.21. The van der Waals surface area contributed by atoms with Crippen molar-refractivity contribution in [3.05, 3.63) is 35.9 Å². The molecule has 98 valence electrons. The summed E-state index contributed by atoms with van der Waals surface area (Å²) in [7, 11) is 0. The molecule has 0 unspecified atom stereocenters. The van der Waals surface area contributed by atoms with Crippen molar-refractivity contribution in [2.24, 2.45) is 0 Å². The Morgan fingerprint density at radius 3 is 2.78 bits per heavy atom. The third-order valence-electron chi connectivity index (χ3n) is 3.33. The van der Waals surface area contributed by atoms with Crippen molar-refractivity contribution in [2.75, 3.05) is 19.6 Å². The molecule has 1 heterocycles. The lowest BCUT2D eigenvalue weighted by Crippen LogP contribution is -2.61. The molecule has 0 saturated carbocycles. The zero-order valence-corrected chi connectivity index (χ0v) is 11.1. The standard InChI is InChI=1S/C14H21N3O/c1-14(2)11-15-8-9-17(14)13(18)16-10-12-6-4-3-5-7-12/h3-7,15H,8-11H2,1-2H3,(H,16,18). The highest BCUT2D eigenvalue weighted by Crippen LogP contribution is 2.16. The average Bonchev–Trinajstić information content (AvgIpc) is 2.37. The number of hydrogen-bond acceptors (Lipinski definition) is 2. The molecule has 0 aromatic heterocycles. The minimum Gasteiger partial charge on any atom is -0.334 e. The van der Waals surface area contributed by atoms with E-state index in [9.17, 15) is 4.79 Å². The molecule has 4 heteroatoms. The minimum absolute atomic E-state index is 0.0188. The first-order valence-electron chi connectivity index (χ1n) is 6.40. The number of amides is 2. The van der Waals surface area contributed by atoms with Crippen molar-refractivity contribution < 1.29 is 4.79 Å². The van der Waals surface area contributed by atoms with Gasteiger partial charge in [-0.05, 0) is 19.4 Å². The monoisotopic (exact) mass is 247 g/mol. The van der Waals surface area contributed by atoms with Gasteiger partial charge in [-0.3, -0.25) is 0 Å². The quantitative estimate of drug-likeness (QED) is 0.833. The normalized spacial score (nSPS) is 18.4. The summed E-state index contributed by atoms with van der Waals surface area (Å²) in [6.07, 6.45) is 0. The predicted molar refractivity (Wildman–Crippen MR) is 72.3 cm³/mol. The van der Waals surface area contributed by atoms with Gasteiger partial charge in [-0.25, -0.2) is 4.79 Å². The Hall–Kier alpha value is -1.55. The molecule has 4 nitrogen and oxygen atoms in total. The largest absolute Gasteiger partial charge is 0.334 e. The zero-order valence-electron chi connectivity index (χ0n) is 11.1. The van der Waals surface area contributed by atoms with Crippen LogP contribution in [-0.2, 0) is 6.54 Å². The van der Waals surface area contributed by atoms with Crippen molar-refractivity contribution in [1.29, 1.82) is 0 Å². The summed E-state index contributed by atoms with van der Waals surface area (Å²) >= 11 is 0. The van der Waals surface area contributed by atoms with Gasteiger partial charge in [0.2, 0.25) is 0 Å². The van der Waals surface area contributed by atoms with Gasteiger partial charge in [0, 0.05) is 26.2 Å². The van der Waals surface area contributed by atoms with Crippen LogP contribution in [0.1, 0.15) is 19.4 Å². The van der Waals surface area contributed by atoms with E-state index in [0.717, 1.165) is 25.2 Å². The molecule has 0 atom stereocenters. The van der Waals surface area contributed by atoms with Crippen molar-refractivity contribution in [3.63, 3.8) is 0 Å². The summed E-state index contributed by atoms with van der Waals surface area (Å²) < 4.78 is 0. The van der Waals surface area contributed by atoms with Gasteiger partial charge >= 0.3 is 6.03 Å². The summed E-state index contributed by atoms with van der Waals surface area (Å²) in [5.41, 5.74) is 0.998. The molecular formula is C14H21N3O. The Morgan fingerprint density at radius 1 is 1.39 bits per heavy atom. The van der Waals surface area contributed by atoms with Crippen LogP contribution >= 0.6 is 0 Å². The van der Waals surface area contributed by atoms with Crippen molar-refractivity contribution in [2.45, 2.75) is 25.9 Å². The van der Waals surface area contributed by atoms with E-state index in [0.29, 0.717) is 6.54 Å². The van der Waals surface area contributed by atoms with Crippen LogP contribution in [0.5, 0.6) is 0 Å². The second kappa shape index (κ2) is 5.40. The highest BCUT2D eigenvalue weighted by molar-refractivity contribution is 5.75. The molecule has 0 bridgehead atoms. The van der Waals surface area contributed by atoms with Gasteiger partial charge in [-0.2, -0.15) is 0 Å². The molecule has 1 saturated heterocycles. The molecule has 1 aliphatic heterocycles. The average molecular weight is 247 g/mol. The molecule has 18 heavy (non-hydrogen) atoms. The van der Waals surface area contributed by atoms with Gasteiger partial charge in [0.15, 0.2) is 0 Å². The number of urea groups is 1. The molecular weight excluding hydrogens is 226 g/mol. The molecule has 1 fully saturated rings. The number of nitrogens with one attached hydrogen (secondary N) is 2. The zero-order chi connectivity index (χ0) is 13.0. The van der Waals surface area contributed by atoms with Crippen LogP contribution in [0, 0.1) is 0 Å².